The second-order valence-electron chi connectivity index (χ2n) is 4.89. The number of carbonyl (C=O) groups excluding carboxylic acids is 1. The number of ether oxygens (including phenoxy) is 1. The van der Waals surface area contributed by atoms with E-state index in [9.17, 15) is 4.79 Å². The van der Waals surface area contributed by atoms with Gasteiger partial charge in [-0.3, -0.25) is 9.69 Å². The van der Waals surface area contributed by atoms with Crippen molar-refractivity contribution in [2.45, 2.75) is 37.8 Å². The predicted molar refractivity (Wildman–Crippen MR) is 63.7 cm³/mol. The maximum Gasteiger partial charge on any atom is 0.234 e. The highest BCUT2D eigenvalue weighted by atomic mass is 16.5. The molecule has 2 rings (SSSR count). The smallest absolute Gasteiger partial charge is 0.234 e. The lowest BCUT2D eigenvalue weighted by Gasteiger charge is -2.22. The molecule has 17 heavy (non-hydrogen) atoms. The Morgan fingerprint density at radius 1 is 1.41 bits per heavy atom. The van der Waals surface area contributed by atoms with Crippen molar-refractivity contribution in [1.29, 1.82) is 0 Å². The monoisotopic (exact) mass is 242 g/mol. The minimum absolute atomic E-state index is 0.0425. The zero-order valence-corrected chi connectivity index (χ0v) is 10.2. The van der Waals surface area contributed by atoms with E-state index in [0.717, 1.165) is 38.8 Å². The normalized spacial score (nSPS) is 29.7. The fourth-order valence-electron chi connectivity index (χ4n) is 2.58. The van der Waals surface area contributed by atoms with Crippen molar-refractivity contribution in [3.63, 3.8) is 0 Å². The minimum atomic E-state index is 0.0425. The number of aliphatic hydroxyl groups is 1. The van der Waals surface area contributed by atoms with Crippen LogP contribution in [0.3, 0.4) is 0 Å². The second kappa shape index (κ2) is 6.33. The van der Waals surface area contributed by atoms with Gasteiger partial charge in [0.25, 0.3) is 0 Å². The molecule has 0 aromatic heterocycles. The van der Waals surface area contributed by atoms with E-state index < -0.39 is 0 Å². The van der Waals surface area contributed by atoms with E-state index in [0.29, 0.717) is 13.1 Å². The van der Waals surface area contributed by atoms with Gasteiger partial charge >= 0.3 is 0 Å². The topological polar surface area (TPSA) is 61.8 Å². The third-order valence-corrected chi connectivity index (χ3v) is 3.61. The zero-order valence-electron chi connectivity index (χ0n) is 10.2. The average Bonchev–Trinajstić information content (AvgIpc) is 2.97. The number of hydrogen-bond acceptors (Lipinski definition) is 4. The lowest BCUT2D eigenvalue weighted by molar-refractivity contribution is -0.123. The molecule has 0 bridgehead atoms. The Hall–Kier alpha value is -0.650. The summed E-state index contributed by atoms with van der Waals surface area (Å²) in [6.45, 7) is 2.91. The Kier molecular flexibility index (Phi) is 4.76. The molecule has 0 spiro atoms. The number of rotatable bonds is 5. The summed E-state index contributed by atoms with van der Waals surface area (Å²) in [6, 6.07) is 0.170. The first-order valence-corrected chi connectivity index (χ1v) is 6.53. The first kappa shape index (κ1) is 12.8. The molecule has 1 unspecified atom stereocenters. The molecule has 0 aliphatic carbocycles. The first-order chi connectivity index (χ1) is 8.29. The molecular weight excluding hydrogens is 220 g/mol. The summed E-state index contributed by atoms with van der Waals surface area (Å²) in [5, 5.41) is 12.1. The zero-order chi connectivity index (χ0) is 12.1. The van der Waals surface area contributed by atoms with Gasteiger partial charge in [-0.25, -0.2) is 0 Å². The number of likely N-dealkylation sites (tertiary alicyclic amines) is 1. The van der Waals surface area contributed by atoms with Gasteiger partial charge in [0.05, 0.1) is 19.3 Å². The van der Waals surface area contributed by atoms with E-state index in [4.69, 9.17) is 9.84 Å². The van der Waals surface area contributed by atoms with Crippen molar-refractivity contribution in [2.24, 2.45) is 0 Å². The Balaban J connectivity index is 1.65. The van der Waals surface area contributed by atoms with Gasteiger partial charge < -0.3 is 15.2 Å². The third kappa shape index (κ3) is 3.66. The molecule has 5 nitrogen and oxygen atoms in total. The molecule has 98 valence electrons. The highest BCUT2D eigenvalue weighted by molar-refractivity contribution is 5.78. The number of amides is 1. The molecule has 2 aliphatic rings. The van der Waals surface area contributed by atoms with Crippen LogP contribution < -0.4 is 5.32 Å². The van der Waals surface area contributed by atoms with E-state index in [2.05, 4.69) is 10.2 Å². The molecule has 0 aromatic carbocycles. The summed E-state index contributed by atoms with van der Waals surface area (Å²) in [5.41, 5.74) is 0. The second-order valence-corrected chi connectivity index (χ2v) is 4.89. The third-order valence-electron chi connectivity index (χ3n) is 3.61. The summed E-state index contributed by atoms with van der Waals surface area (Å²) in [5.74, 6) is 0.0425. The lowest BCUT2D eigenvalue weighted by atomic mass is 10.2. The molecule has 2 atom stereocenters. The summed E-state index contributed by atoms with van der Waals surface area (Å²) < 4.78 is 5.45. The van der Waals surface area contributed by atoms with Crippen LogP contribution in [0.4, 0.5) is 0 Å². The van der Waals surface area contributed by atoms with Crippen LogP contribution in [0.2, 0.25) is 0 Å². The predicted octanol–water partition coefficient (Wildman–Crippen LogP) is -0.262. The number of nitrogens with zero attached hydrogens (tertiary/aromatic N) is 1. The van der Waals surface area contributed by atoms with Gasteiger partial charge in [0.15, 0.2) is 0 Å². The molecule has 2 N–H and O–H groups in total. The highest BCUT2D eigenvalue weighted by Crippen LogP contribution is 2.15. The van der Waals surface area contributed by atoms with Crippen LogP contribution in [0.25, 0.3) is 0 Å². The fraction of sp³-hybridized carbons (Fsp3) is 0.917. The molecule has 0 aromatic rings. The fourth-order valence-corrected chi connectivity index (χ4v) is 2.58. The summed E-state index contributed by atoms with van der Waals surface area (Å²) in [4.78, 5) is 13.8. The van der Waals surface area contributed by atoms with Crippen LogP contribution >= 0.6 is 0 Å². The van der Waals surface area contributed by atoms with Crippen molar-refractivity contribution in [3.8, 4) is 0 Å². The van der Waals surface area contributed by atoms with E-state index in [1.54, 1.807) is 0 Å². The molecule has 0 radical (unpaired) electrons. The number of aliphatic hydroxyl groups excluding tert-OH is 1. The maximum atomic E-state index is 11.7. The summed E-state index contributed by atoms with van der Waals surface area (Å²) >= 11 is 0. The van der Waals surface area contributed by atoms with Crippen LogP contribution in [0.5, 0.6) is 0 Å². The minimum Gasteiger partial charge on any atom is -0.395 e. The van der Waals surface area contributed by atoms with Crippen molar-refractivity contribution in [2.75, 3.05) is 32.8 Å². The van der Waals surface area contributed by atoms with E-state index in [-0.39, 0.29) is 24.7 Å². The van der Waals surface area contributed by atoms with Gasteiger partial charge in [-0.2, -0.15) is 0 Å². The molecule has 2 aliphatic heterocycles. The van der Waals surface area contributed by atoms with Gasteiger partial charge in [0.2, 0.25) is 5.91 Å². The maximum absolute atomic E-state index is 11.7. The van der Waals surface area contributed by atoms with Crippen molar-refractivity contribution < 1.29 is 14.6 Å². The summed E-state index contributed by atoms with van der Waals surface area (Å²) in [6.07, 6.45) is 4.41. The lowest BCUT2D eigenvalue weighted by Crippen LogP contribution is -2.42. The van der Waals surface area contributed by atoms with Crippen molar-refractivity contribution in [1.82, 2.24) is 10.2 Å². The number of hydrogen-bond donors (Lipinski definition) is 2. The van der Waals surface area contributed by atoms with Crippen LogP contribution in [-0.2, 0) is 9.53 Å². The highest BCUT2D eigenvalue weighted by Gasteiger charge is 2.25. The average molecular weight is 242 g/mol. The van der Waals surface area contributed by atoms with Crippen LogP contribution in [0.1, 0.15) is 25.7 Å². The van der Waals surface area contributed by atoms with Gasteiger partial charge in [-0.15, -0.1) is 0 Å². The summed E-state index contributed by atoms with van der Waals surface area (Å²) in [7, 11) is 0. The van der Waals surface area contributed by atoms with Crippen LogP contribution in [-0.4, -0.2) is 60.9 Å². The molecule has 2 heterocycles. The van der Waals surface area contributed by atoms with E-state index in [1.807, 2.05) is 0 Å². The molecule has 5 heteroatoms. The molecule has 2 saturated heterocycles. The molecule has 0 saturated carbocycles. The number of nitrogens with one attached hydrogen (secondary N) is 1. The molecule has 2 fully saturated rings. The molecule has 1 amide bonds. The van der Waals surface area contributed by atoms with E-state index >= 15 is 0 Å². The standard InChI is InChI=1S/C12H22N2O3/c15-9-10-3-1-5-14(10)8-12(16)13-7-11-4-2-6-17-11/h10-11,15H,1-9H2,(H,13,16)/t10-,11?/m1/s1. The molecular formula is C12H22N2O3. The van der Waals surface area contributed by atoms with E-state index in [1.165, 1.54) is 0 Å². The largest absolute Gasteiger partial charge is 0.395 e. The Morgan fingerprint density at radius 3 is 3.00 bits per heavy atom. The first-order valence-electron chi connectivity index (χ1n) is 6.53. The van der Waals surface area contributed by atoms with Gasteiger partial charge in [-0.1, -0.05) is 0 Å². The SMILES string of the molecule is O=C(CN1CCC[C@@H]1CO)NCC1CCCO1. The van der Waals surface area contributed by atoms with Crippen molar-refractivity contribution >= 4 is 5.91 Å². The van der Waals surface area contributed by atoms with Gasteiger partial charge in [0, 0.05) is 19.2 Å². The van der Waals surface area contributed by atoms with Crippen LogP contribution in [0.15, 0.2) is 0 Å². The van der Waals surface area contributed by atoms with Crippen LogP contribution in [0, 0.1) is 0 Å². The van der Waals surface area contributed by atoms with Gasteiger partial charge in [-0.05, 0) is 32.2 Å². The number of carbonyl (C=O) groups is 1. The van der Waals surface area contributed by atoms with Crippen molar-refractivity contribution in [3.05, 3.63) is 0 Å². The Morgan fingerprint density at radius 2 is 2.29 bits per heavy atom. The van der Waals surface area contributed by atoms with Gasteiger partial charge in [0.1, 0.15) is 0 Å². The Labute approximate surface area is 102 Å². The Bertz CT molecular complexity index is 254. The quantitative estimate of drug-likeness (QED) is 0.697.